The Kier molecular flexibility index (Phi) is 4.72. The lowest BCUT2D eigenvalue weighted by Gasteiger charge is -2.38. The molecular formula is C18H26O3. The van der Waals surface area contributed by atoms with Crippen molar-refractivity contribution in [2.75, 3.05) is 13.7 Å². The maximum absolute atomic E-state index is 12.1. The molecule has 1 N–H and O–H groups in total. The average Bonchev–Trinajstić information content (AvgIpc) is 2.48. The van der Waals surface area contributed by atoms with Crippen molar-refractivity contribution >= 4 is 5.97 Å². The molecule has 1 aromatic rings. The Bertz CT molecular complexity index is 499. The summed E-state index contributed by atoms with van der Waals surface area (Å²) in [6.07, 6.45) is 4.60. The van der Waals surface area contributed by atoms with Crippen LogP contribution in [0.25, 0.3) is 0 Å². The highest BCUT2D eigenvalue weighted by molar-refractivity contribution is 5.82. The van der Waals surface area contributed by atoms with E-state index < -0.39 is 11.4 Å². The van der Waals surface area contributed by atoms with Gasteiger partial charge in [-0.2, -0.15) is 0 Å². The third kappa shape index (κ3) is 2.98. The Hall–Kier alpha value is -1.35. The van der Waals surface area contributed by atoms with Crippen LogP contribution in [-0.4, -0.2) is 24.8 Å². The summed E-state index contributed by atoms with van der Waals surface area (Å²) >= 11 is 0. The predicted octanol–water partition coefficient (Wildman–Crippen LogP) is 3.90. The minimum Gasteiger partial charge on any atom is -0.481 e. The van der Waals surface area contributed by atoms with Crippen LogP contribution in [0.3, 0.4) is 0 Å². The van der Waals surface area contributed by atoms with Crippen LogP contribution in [0, 0.1) is 0 Å². The standard InChI is InChI=1S/C18H26O3/c1-17(2,13-21-3)14-9-5-6-10-15(14)18(16(19)20)11-7-4-8-12-18/h5-6,9-10H,4,7-8,11-13H2,1-3H3,(H,19,20). The van der Waals surface area contributed by atoms with E-state index in [4.69, 9.17) is 4.74 Å². The number of aliphatic carboxylic acids is 1. The number of methoxy groups -OCH3 is 1. The molecule has 3 nitrogen and oxygen atoms in total. The third-order valence-corrected chi connectivity index (χ3v) is 4.79. The van der Waals surface area contributed by atoms with Crippen molar-refractivity contribution < 1.29 is 14.6 Å². The molecule has 0 unspecified atom stereocenters. The highest BCUT2D eigenvalue weighted by atomic mass is 16.5. The van der Waals surface area contributed by atoms with Crippen LogP contribution in [0.1, 0.15) is 57.1 Å². The number of ether oxygens (including phenoxy) is 1. The summed E-state index contributed by atoms with van der Waals surface area (Å²) < 4.78 is 5.35. The van der Waals surface area contributed by atoms with E-state index in [2.05, 4.69) is 19.9 Å². The maximum atomic E-state index is 12.1. The molecule has 1 aromatic carbocycles. The van der Waals surface area contributed by atoms with Gasteiger partial charge in [0.1, 0.15) is 0 Å². The SMILES string of the molecule is COCC(C)(C)c1ccccc1C1(C(=O)O)CCCCC1. The van der Waals surface area contributed by atoms with E-state index in [0.717, 1.165) is 43.2 Å². The fourth-order valence-electron chi connectivity index (χ4n) is 3.68. The predicted molar refractivity (Wildman–Crippen MR) is 83.7 cm³/mol. The third-order valence-electron chi connectivity index (χ3n) is 4.79. The Morgan fingerprint density at radius 1 is 1.24 bits per heavy atom. The number of carboxylic acid groups (broad SMARTS) is 1. The monoisotopic (exact) mass is 290 g/mol. The second-order valence-electron chi connectivity index (χ2n) is 6.81. The van der Waals surface area contributed by atoms with Crippen LogP contribution in [0.2, 0.25) is 0 Å². The summed E-state index contributed by atoms with van der Waals surface area (Å²) in [7, 11) is 1.69. The van der Waals surface area contributed by atoms with Crippen molar-refractivity contribution in [3.05, 3.63) is 35.4 Å². The first-order valence-corrected chi connectivity index (χ1v) is 7.76. The molecule has 2 rings (SSSR count). The minimum absolute atomic E-state index is 0.189. The van der Waals surface area contributed by atoms with Gasteiger partial charge in [-0.25, -0.2) is 0 Å². The highest BCUT2D eigenvalue weighted by Crippen LogP contribution is 2.43. The van der Waals surface area contributed by atoms with Crippen LogP contribution < -0.4 is 0 Å². The molecule has 3 heteroatoms. The Balaban J connectivity index is 2.54. The number of carbonyl (C=O) groups is 1. The average molecular weight is 290 g/mol. The van der Waals surface area contributed by atoms with Crippen molar-refractivity contribution in [1.82, 2.24) is 0 Å². The van der Waals surface area contributed by atoms with E-state index in [1.165, 1.54) is 0 Å². The van der Waals surface area contributed by atoms with Gasteiger partial charge in [0.05, 0.1) is 12.0 Å². The van der Waals surface area contributed by atoms with Crippen molar-refractivity contribution in [3.8, 4) is 0 Å². The largest absolute Gasteiger partial charge is 0.481 e. The molecule has 1 aliphatic carbocycles. The molecule has 0 aliphatic heterocycles. The molecule has 116 valence electrons. The van der Waals surface area contributed by atoms with Gasteiger partial charge in [0.25, 0.3) is 0 Å². The first kappa shape index (κ1) is 16.0. The van der Waals surface area contributed by atoms with Gasteiger partial charge in [-0.3, -0.25) is 4.79 Å². The first-order valence-electron chi connectivity index (χ1n) is 7.76. The van der Waals surface area contributed by atoms with Gasteiger partial charge in [-0.05, 0) is 24.0 Å². The topological polar surface area (TPSA) is 46.5 Å². The van der Waals surface area contributed by atoms with Gasteiger partial charge in [0.2, 0.25) is 0 Å². The van der Waals surface area contributed by atoms with Gasteiger partial charge >= 0.3 is 5.97 Å². The van der Waals surface area contributed by atoms with Crippen molar-refractivity contribution in [2.24, 2.45) is 0 Å². The van der Waals surface area contributed by atoms with E-state index in [9.17, 15) is 9.90 Å². The van der Waals surface area contributed by atoms with Crippen LogP contribution in [-0.2, 0) is 20.4 Å². The maximum Gasteiger partial charge on any atom is 0.314 e. The van der Waals surface area contributed by atoms with Gasteiger partial charge in [-0.1, -0.05) is 57.4 Å². The molecule has 0 bridgehead atoms. The zero-order valence-corrected chi connectivity index (χ0v) is 13.3. The fraction of sp³-hybridized carbons (Fsp3) is 0.611. The van der Waals surface area contributed by atoms with Crippen molar-refractivity contribution in [1.29, 1.82) is 0 Å². The molecule has 0 radical (unpaired) electrons. The summed E-state index contributed by atoms with van der Waals surface area (Å²) in [5.41, 5.74) is 1.18. The normalized spacial score (nSPS) is 18.4. The summed E-state index contributed by atoms with van der Waals surface area (Å²) in [5.74, 6) is -0.678. The van der Waals surface area contributed by atoms with Gasteiger partial charge < -0.3 is 9.84 Å². The summed E-state index contributed by atoms with van der Waals surface area (Å²) in [6.45, 7) is 4.82. The second-order valence-corrected chi connectivity index (χ2v) is 6.81. The number of hydrogen-bond acceptors (Lipinski definition) is 2. The number of carboxylic acids is 1. The van der Waals surface area contributed by atoms with Gasteiger partial charge in [0.15, 0.2) is 0 Å². The minimum atomic E-state index is -0.722. The van der Waals surface area contributed by atoms with E-state index >= 15 is 0 Å². The van der Waals surface area contributed by atoms with E-state index in [-0.39, 0.29) is 5.41 Å². The van der Waals surface area contributed by atoms with E-state index in [0.29, 0.717) is 6.61 Å². The van der Waals surface area contributed by atoms with Crippen LogP contribution in [0.5, 0.6) is 0 Å². The Morgan fingerprint density at radius 2 is 1.86 bits per heavy atom. The van der Waals surface area contributed by atoms with Crippen LogP contribution in [0.15, 0.2) is 24.3 Å². The Morgan fingerprint density at radius 3 is 2.43 bits per heavy atom. The smallest absolute Gasteiger partial charge is 0.314 e. The van der Waals surface area contributed by atoms with Crippen LogP contribution >= 0.6 is 0 Å². The highest BCUT2D eigenvalue weighted by Gasteiger charge is 2.44. The van der Waals surface area contributed by atoms with Gasteiger partial charge in [-0.15, -0.1) is 0 Å². The Labute approximate surface area is 127 Å². The number of benzene rings is 1. The fourth-order valence-corrected chi connectivity index (χ4v) is 3.68. The molecule has 0 saturated heterocycles. The molecule has 1 saturated carbocycles. The molecule has 1 fully saturated rings. The quantitative estimate of drug-likeness (QED) is 0.894. The molecule has 1 aliphatic rings. The zero-order valence-electron chi connectivity index (χ0n) is 13.3. The number of hydrogen-bond donors (Lipinski definition) is 1. The molecular weight excluding hydrogens is 264 g/mol. The number of rotatable bonds is 5. The molecule has 0 aromatic heterocycles. The second kappa shape index (κ2) is 6.18. The molecule has 0 amide bonds. The lowest BCUT2D eigenvalue weighted by molar-refractivity contribution is -0.145. The lowest BCUT2D eigenvalue weighted by atomic mass is 9.65. The zero-order chi connectivity index (χ0) is 15.5. The van der Waals surface area contributed by atoms with Crippen LogP contribution in [0.4, 0.5) is 0 Å². The summed E-state index contributed by atoms with van der Waals surface area (Å²) in [5, 5.41) is 9.93. The van der Waals surface area contributed by atoms with E-state index in [1.807, 2.05) is 18.2 Å². The van der Waals surface area contributed by atoms with Gasteiger partial charge in [0, 0.05) is 12.5 Å². The van der Waals surface area contributed by atoms with Crippen molar-refractivity contribution in [3.63, 3.8) is 0 Å². The molecule has 21 heavy (non-hydrogen) atoms. The molecule has 0 heterocycles. The first-order chi connectivity index (χ1) is 9.94. The molecule has 0 spiro atoms. The lowest BCUT2D eigenvalue weighted by Crippen LogP contribution is -2.40. The molecule has 0 atom stereocenters. The summed E-state index contributed by atoms with van der Waals surface area (Å²) in [6, 6.07) is 8.02. The summed E-state index contributed by atoms with van der Waals surface area (Å²) in [4.78, 5) is 12.1. The van der Waals surface area contributed by atoms with E-state index in [1.54, 1.807) is 7.11 Å². The van der Waals surface area contributed by atoms with Crippen molar-refractivity contribution in [2.45, 2.75) is 56.8 Å².